The van der Waals surface area contributed by atoms with Crippen LogP contribution in [0.5, 0.6) is 5.75 Å². The van der Waals surface area contributed by atoms with Gasteiger partial charge < -0.3 is 15.4 Å². The first-order valence-electron chi connectivity index (χ1n) is 11.6. The summed E-state index contributed by atoms with van der Waals surface area (Å²) in [5.41, 5.74) is 3.80. The predicted octanol–water partition coefficient (Wildman–Crippen LogP) is 3.76. The minimum atomic E-state index is -3.86. The standard InChI is InChI=1S/C25H31N3O5S/c1-5-21-25(30)27-20-12-17(4)23(13-22(20)33-21)34(31,32)28-10-6-7-18(14-28)24(29)26-19-9-8-15(2)11-16(19)3/h8-9,11-13,18,21H,5-7,10,14H2,1-4H3,(H,26,29)(H,27,30)/t18-,21-/m1/s1. The second kappa shape index (κ2) is 9.38. The fourth-order valence-electron chi connectivity index (χ4n) is 4.53. The number of nitrogens with one attached hydrogen (secondary N) is 2. The number of hydrogen-bond acceptors (Lipinski definition) is 5. The first-order chi connectivity index (χ1) is 16.1. The Hall–Kier alpha value is -2.91. The third-order valence-electron chi connectivity index (χ3n) is 6.48. The van der Waals surface area contributed by atoms with Crippen molar-refractivity contribution < 1.29 is 22.7 Å². The maximum Gasteiger partial charge on any atom is 0.265 e. The number of fused-ring (bicyclic) bond motifs is 1. The predicted molar refractivity (Wildman–Crippen MR) is 131 cm³/mol. The van der Waals surface area contributed by atoms with E-state index in [0.29, 0.717) is 42.8 Å². The molecule has 4 rings (SSSR count). The number of benzene rings is 2. The number of nitrogens with zero attached hydrogens (tertiary/aromatic N) is 1. The monoisotopic (exact) mass is 485 g/mol. The zero-order chi connectivity index (χ0) is 24.6. The molecule has 0 aliphatic carbocycles. The molecule has 1 saturated heterocycles. The van der Waals surface area contributed by atoms with Crippen LogP contribution < -0.4 is 15.4 Å². The Balaban J connectivity index is 1.55. The smallest absolute Gasteiger partial charge is 0.265 e. The van der Waals surface area contributed by atoms with E-state index in [2.05, 4.69) is 10.6 Å². The first-order valence-corrected chi connectivity index (χ1v) is 13.0. The third kappa shape index (κ3) is 4.67. The molecule has 2 aromatic rings. The Labute approximate surface area is 200 Å². The molecule has 2 aliphatic heterocycles. The lowest BCUT2D eigenvalue weighted by Gasteiger charge is -2.32. The van der Waals surface area contributed by atoms with Crippen molar-refractivity contribution in [3.63, 3.8) is 0 Å². The molecule has 2 heterocycles. The molecule has 0 bridgehead atoms. The summed E-state index contributed by atoms with van der Waals surface area (Å²) in [7, 11) is -3.86. The number of carbonyl (C=O) groups is 2. The summed E-state index contributed by atoms with van der Waals surface area (Å²) in [6, 6.07) is 8.92. The first kappa shape index (κ1) is 24.2. The van der Waals surface area contributed by atoms with Crippen LogP contribution in [0.2, 0.25) is 0 Å². The fraction of sp³-hybridized carbons (Fsp3) is 0.440. The molecule has 0 aromatic heterocycles. The van der Waals surface area contributed by atoms with Gasteiger partial charge in [0.2, 0.25) is 15.9 Å². The molecule has 34 heavy (non-hydrogen) atoms. The van der Waals surface area contributed by atoms with Gasteiger partial charge in [-0.15, -0.1) is 0 Å². The van der Waals surface area contributed by atoms with Crippen molar-refractivity contribution in [2.24, 2.45) is 5.92 Å². The Morgan fingerprint density at radius 2 is 1.94 bits per heavy atom. The van der Waals surface area contributed by atoms with E-state index < -0.39 is 22.0 Å². The lowest BCUT2D eigenvalue weighted by Crippen LogP contribution is -2.44. The number of ether oxygens (including phenoxy) is 1. The molecular formula is C25H31N3O5S. The highest BCUT2D eigenvalue weighted by atomic mass is 32.2. The van der Waals surface area contributed by atoms with Crippen molar-refractivity contribution in [3.05, 3.63) is 47.0 Å². The van der Waals surface area contributed by atoms with Crippen molar-refractivity contribution in [1.29, 1.82) is 0 Å². The molecule has 2 N–H and O–H groups in total. The van der Waals surface area contributed by atoms with Gasteiger partial charge in [0, 0.05) is 24.8 Å². The van der Waals surface area contributed by atoms with Gasteiger partial charge in [0.25, 0.3) is 5.91 Å². The van der Waals surface area contributed by atoms with Crippen LogP contribution in [-0.2, 0) is 19.6 Å². The largest absolute Gasteiger partial charge is 0.478 e. The lowest BCUT2D eigenvalue weighted by atomic mass is 9.98. The van der Waals surface area contributed by atoms with Crippen LogP contribution in [0.15, 0.2) is 35.2 Å². The van der Waals surface area contributed by atoms with Crippen molar-refractivity contribution in [2.75, 3.05) is 23.7 Å². The Kier molecular flexibility index (Phi) is 6.69. The highest BCUT2D eigenvalue weighted by Gasteiger charge is 2.36. The van der Waals surface area contributed by atoms with Crippen LogP contribution in [0, 0.1) is 26.7 Å². The number of rotatable bonds is 5. The summed E-state index contributed by atoms with van der Waals surface area (Å²) in [4.78, 5) is 25.2. The third-order valence-corrected chi connectivity index (χ3v) is 8.49. The van der Waals surface area contributed by atoms with Crippen LogP contribution >= 0.6 is 0 Å². The normalized spacial score (nSPS) is 20.8. The average molecular weight is 486 g/mol. The fourth-order valence-corrected chi connectivity index (χ4v) is 6.28. The highest BCUT2D eigenvalue weighted by molar-refractivity contribution is 7.89. The van der Waals surface area contributed by atoms with Crippen molar-refractivity contribution in [1.82, 2.24) is 4.31 Å². The summed E-state index contributed by atoms with van der Waals surface area (Å²) in [5.74, 6) is -0.511. The van der Waals surface area contributed by atoms with Crippen molar-refractivity contribution in [3.8, 4) is 5.75 Å². The van der Waals surface area contributed by atoms with Gasteiger partial charge in [0.05, 0.1) is 16.5 Å². The quantitative estimate of drug-likeness (QED) is 0.671. The number of carbonyl (C=O) groups excluding carboxylic acids is 2. The van der Waals surface area contributed by atoms with Crippen molar-refractivity contribution >= 4 is 33.2 Å². The van der Waals surface area contributed by atoms with E-state index in [1.165, 1.54) is 10.4 Å². The molecular weight excluding hydrogens is 454 g/mol. The van der Waals surface area contributed by atoms with Gasteiger partial charge in [-0.25, -0.2) is 8.42 Å². The van der Waals surface area contributed by atoms with Crippen LogP contribution in [-0.4, -0.2) is 43.7 Å². The van der Waals surface area contributed by atoms with Gasteiger partial charge in [0.15, 0.2) is 6.10 Å². The average Bonchev–Trinajstić information content (AvgIpc) is 2.80. The second-order valence-corrected chi connectivity index (χ2v) is 11.0. The number of hydrogen-bond donors (Lipinski definition) is 2. The Bertz CT molecular complexity index is 1240. The van der Waals surface area contributed by atoms with Crippen LogP contribution in [0.25, 0.3) is 0 Å². The number of anilines is 2. The molecule has 0 spiro atoms. The van der Waals surface area contributed by atoms with Gasteiger partial charge in [0.1, 0.15) is 5.75 Å². The number of piperidine rings is 1. The second-order valence-electron chi connectivity index (χ2n) is 9.13. The molecule has 2 amide bonds. The lowest BCUT2D eigenvalue weighted by molar-refractivity contribution is -0.123. The van der Waals surface area contributed by atoms with E-state index in [1.807, 2.05) is 39.0 Å². The van der Waals surface area contributed by atoms with Crippen LogP contribution in [0.3, 0.4) is 0 Å². The van der Waals surface area contributed by atoms with E-state index in [1.54, 1.807) is 13.0 Å². The van der Waals surface area contributed by atoms with Crippen LogP contribution in [0.4, 0.5) is 11.4 Å². The van der Waals surface area contributed by atoms with Gasteiger partial charge in [-0.1, -0.05) is 24.6 Å². The maximum atomic E-state index is 13.6. The van der Waals surface area contributed by atoms with Crippen LogP contribution in [0.1, 0.15) is 42.9 Å². The van der Waals surface area contributed by atoms with Crippen molar-refractivity contribution in [2.45, 2.75) is 58.0 Å². The van der Waals surface area contributed by atoms with Gasteiger partial charge in [-0.3, -0.25) is 9.59 Å². The minimum absolute atomic E-state index is 0.116. The summed E-state index contributed by atoms with van der Waals surface area (Å²) >= 11 is 0. The Morgan fingerprint density at radius 1 is 1.18 bits per heavy atom. The highest BCUT2D eigenvalue weighted by Crippen LogP contribution is 2.36. The molecule has 2 aliphatic rings. The van der Waals surface area contributed by atoms with Gasteiger partial charge >= 0.3 is 0 Å². The number of amides is 2. The van der Waals surface area contributed by atoms with E-state index >= 15 is 0 Å². The SMILES string of the molecule is CC[C@H]1Oc2cc(S(=O)(=O)N3CCC[C@@H](C(=O)Nc4ccc(C)cc4C)C3)c(C)cc2NC1=O. The topological polar surface area (TPSA) is 105 Å². The molecule has 0 saturated carbocycles. The van der Waals surface area contributed by atoms with Gasteiger partial charge in [-0.2, -0.15) is 4.31 Å². The Morgan fingerprint density at radius 3 is 2.65 bits per heavy atom. The zero-order valence-electron chi connectivity index (χ0n) is 20.0. The van der Waals surface area contributed by atoms with E-state index in [9.17, 15) is 18.0 Å². The summed E-state index contributed by atoms with van der Waals surface area (Å²) in [6.07, 6.45) is 1.04. The molecule has 0 radical (unpaired) electrons. The maximum absolute atomic E-state index is 13.6. The molecule has 9 heteroatoms. The molecule has 0 unspecified atom stereocenters. The van der Waals surface area contributed by atoms with E-state index in [4.69, 9.17) is 4.74 Å². The summed E-state index contributed by atoms with van der Waals surface area (Å²) < 4.78 is 34.3. The zero-order valence-corrected chi connectivity index (χ0v) is 20.8. The number of sulfonamides is 1. The van der Waals surface area contributed by atoms with E-state index in [0.717, 1.165) is 16.8 Å². The molecule has 1 fully saturated rings. The molecule has 8 nitrogen and oxygen atoms in total. The minimum Gasteiger partial charge on any atom is -0.478 e. The number of aryl methyl sites for hydroxylation is 3. The molecule has 2 aromatic carbocycles. The molecule has 182 valence electrons. The molecule has 2 atom stereocenters. The summed E-state index contributed by atoms with van der Waals surface area (Å²) in [6.45, 7) is 7.92. The van der Waals surface area contributed by atoms with Gasteiger partial charge in [-0.05, 0) is 63.3 Å². The van der Waals surface area contributed by atoms with E-state index in [-0.39, 0.29) is 23.3 Å². The summed E-state index contributed by atoms with van der Waals surface area (Å²) in [5, 5.41) is 5.75.